The number of nitrogens with zero attached hydrogens (tertiary/aromatic N) is 3. The van der Waals surface area contributed by atoms with Crippen molar-refractivity contribution in [2.45, 2.75) is 25.9 Å². The lowest BCUT2D eigenvalue weighted by Gasteiger charge is -2.22. The number of carbonyl (C=O) groups excluding carboxylic acids is 1. The Hall–Kier alpha value is -1.62. The van der Waals surface area contributed by atoms with Crippen LogP contribution in [0.2, 0.25) is 0 Å². The highest BCUT2D eigenvalue weighted by atomic mass is 16.3. The smallest absolute Gasteiger partial charge is 0.242 e. The molecule has 1 aromatic heterocycles. The average molecular weight is 263 g/mol. The molecule has 2 heterocycles. The minimum Gasteiger partial charge on any atom is -0.387 e. The number of aromatic nitrogens is 1. The molecule has 1 unspecified atom stereocenters. The molecule has 0 radical (unpaired) electrons. The summed E-state index contributed by atoms with van der Waals surface area (Å²) in [5.41, 5.74) is 1.53. The van der Waals surface area contributed by atoms with E-state index in [4.69, 9.17) is 0 Å². The highest BCUT2D eigenvalue weighted by Gasteiger charge is 2.19. The molecule has 19 heavy (non-hydrogen) atoms. The van der Waals surface area contributed by atoms with Crippen molar-refractivity contribution < 1.29 is 9.90 Å². The van der Waals surface area contributed by atoms with Gasteiger partial charge in [0.25, 0.3) is 0 Å². The van der Waals surface area contributed by atoms with Crippen molar-refractivity contribution in [3.8, 4) is 0 Å². The van der Waals surface area contributed by atoms with Crippen LogP contribution in [0.4, 0.5) is 5.69 Å². The van der Waals surface area contributed by atoms with Crippen molar-refractivity contribution in [3.63, 3.8) is 0 Å². The summed E-state index contributed by atoms with van der Waals surface area (Å²) in [6.45, 7) is 3.82. The highest BCUT2D eigenvalue weighted by molar-refractivity contribution is 5.81. The third kappa shape index (κ3) is 3.44. The molecule has 2 rings (SSSR count). The van der Waals surface area contributed by atoms with Crippen LogP contribution in [-0.4, -0.2) is 47.6 Å². The molecular weight excluding hydrogens is 242 g/mol. The lowest BCUT2D eigenvalue weighted by molar-refractivity contribution is -0.128. The predicted octanol–water partition coefficient (Wildman–Crippen LogP) is 1.19. The van der Waals surface area contributed by atoms with E-state index in [9.17, 15) is 9.90 Å². The number of hydrogen-bond acceptors (Lipinski definition) is 4. The predicted molar refractivity (Wildman–Crippen MR) is 74.0 cm³/mol. The fourth-order valence-electron chi connectivity index (χ4n) is 2.23. The lowest BCUT2D eigenvalue weighted by Crippen LogP contribution is -2.37. The third-order valence-corrected chi connectivity index (χ3v) is 3.47. The van der Waals surface area contributed by atoms with Crippen LogP contribution in [0, 0.1) is 0 Å². The Labute approximate surface area is 113 Å². The molecule has 0 aromatic carbocycles. The first-order valence-electron chi connectivity index (χ1n) is 6.71. The van der Waals surface area contributed by atoms with Gasteiger partial charge in [-0.15, -0.1) is 0 Å². The number of anilines is 1. The monoisotopic (exact) mass is 263 g/mol. The zero-order valence-electron chi connectivity index (χ0n) is 11.5. The van der Waals surface area contributed by atoms with Crippen molar-refractivity contribution >= 4 is 11.6 Å². The van der Waals surface area contributed by atoms with Gasteiger partial charge in [-0.1, -0.05) is 0 Å². The average Bonchev–Trinajstić information content (AvgIpc) is 2.92. The Morgan fingerprint density at radius 3 is 2.68 bits per heavy atom. The van der Waals surface area contributed by atoms with E-state index in [-0.39, 0.29) is 5.91 Å². The summed E-state index contributed by atoms with van der Waals surface area (Å²) in [6.07, 6.45) is 3.35. The minimum atomic E-state index is -0.564. The van der Waals surface area contributed by atoms with Gasteiger partial charge in [0.05, 0.1) is 30.2 Å². The van der Waals surface area contributed by atoms with E-state index in [0.29, 0.717) is 12.2 Å². The minimum absolute atomic E-state index is 0.166. The van der Waals surface area contributed by atoms with Crippen LogP contribution in [0.25, 0.3) is 0 Å². The first-order chi connectivity index (χ1) is 9.08. The molecular formula is C14H21N3O2. The summed E-state index contributed by atoms with van der Waals surface area (Å²) in [6, 6.07) is 3.67. The van der Waals surface area contributed by atoms with Gasteiger partial charge in [-0.25, -0.2) is 0 Å². The van der Waals surface area contributed by atoms with E-state index in [1.165, 1.54) is 0 Å². The SMILES string of the molecule is CC(O)c1ccc(N(C)CC(=O)N2CCCC2)cn1. The van der Waals surface area contributed by atoms with Crippen molar-refractivity contribution in [2.75, 3.05) is 31.6 Å². The summed E-state index contributed by atoms with van der Waals surface area (Å²) in [5.74, 6) is 0.166. The standard InChI is InChI=1S/C14H21N3O2/c1-11(18)13-6-5-12(9-15-13)16(2)10-14(19)17-7-3-4-8-17/h5-6,9,11,18H,3-4,7-8,10H2,1-2H3. The second-order valence-electron chi connectivity index (χ2n) is 5.06. The number of aliphatic hydroxyl groups is 1. The molecule has 5 nitrogen and oxygen atoms in total. The normalized spacial score (nSPS) is 16.5. The third-order valence-electron chi connectivity index (χ3n) is 3.47. The summed E-state index contributed by atoms with van der Waals surface area (Å²) in [5, 5.41) is 9.41. The molecule has 1 saturated heterocycles. The molecule has 1 amide bonds. The Morgan fingerprint density at radius 1 is 1.47 bits per heavy atom. The molecule has 0 aliphatic carbocycles. The van der Waals surface area contributed by atoms with Crippen LogP contribution in [-0.2, 0) is 4.79 Å². The van der Waals surface area contributed by atoms with Crippen LogP contribution in [0.1, 0.15) is 31.6 Å². The first-order valence-corrected chi connectivity index (χ1v) is 6.71. The number of amides is 1. The topological polar surface area (TPSA) is 56.7 Å². The van der Waals surface area contributed by atoms with Gasteiger partial charge in [-0.3, -0.25) is 9.78 Å². The molecule has 0 bridgehead atoms. The number of rotatable bonds is 4. The molecule has 1 aliphatic rings. The maximum Gasteiger partial charge on any atom is 0.242 e. The van der Waals surface area contributed by atoms with Gasteiger partial charge in [-0.2, -0.15) is 0 Å². The lowest BCUT2D eigenvalue weighted by atomic mass is 10.2. The van der Waals surface area contributed by atoms with E-state index in [1.807, 2.05) is 22.9 Å². The van der Waals surface area contributed by atoms with Gasteiger partial charge in [0.1, 0.15) is 0 Å². The molecule has 0 saturated carbocycles. The van der Waals surface area contributed by atoms with Crippen LogP contribution in [0.5, 0.6) is 0 Å². The molecule has 1 N–H and O–H groups in total. The van der Waals surface area contributed by atoms with Gasteiger partial charge in [0, 0.05) is 20.1 Å². The van der Waals surface area contributed by atoms with Crippen molar-refractivity contribution in [3.05, 3.63) is 24.0 Å². The Balaban J connectivity index is 1.95. The van der Waals surface area contributed by atoms with E-state index >= 15 is 0 Å². The number of carbonyl (C=O) groups is 1. The van der Waals surface area contributed by atoms with E-state index in [0.717, 1.165) is 31.6 Å². The van der Waals surface area contributed by atoms with Gasteiger partial charge < -0.3 is 14.9 Å². The Morgan fingerprint density at radius 2 is 2.16 bits per heavy atom. The van der Waals surface area contributed by atoms with Crippen molar-refractivity contribution in [1.29, 1.82) is 0 Å². The molecule has 1 fully saturated rings. The summed E-state index contributed by atoms with van der Waals surface area (Å²) < 4.78 is 0. The number of pyridine rings is 1. The summed E-state index contributed by atoms with van der Waals surface area (Å²) >= 11 is 0. The number of likely N-dealkylation sites (N-methyl/N-ethyl adjacent to an activating group) is 1. The molecule has 0 spiro atoms. The van der Waals surface area contributed by atoms with E-state index in [2.05, 4.69) is 4.98 Å². The summed E-state index contributed by atoms with van der Waals surface area (Å²) in [7, 11) is 1.88. The Bertz CT molecular complexity index is 425. The summed E-state index contributed by atoms with van der Waals surface area (Å²) in [4.78, 5) is 20.0. The van der Waals surface area contributed by atoms with Crippen LogP contribution >= 0.6 is 0 Å². The second kappa shape index (κ2) is 6.02. The zero-order chi connectivity index (χ0) is 13.8. The molecule has 1 aromatic rings. The van der Waals surface area contributed by atoms with Crippen LogP contribution < -0.4 is 4.90 Å². The van der Waals surface area contributed by atoms with Crippen molar-refractivity contribution in [1.82, 2.24) is 9.88 Å². The number of aliphatic hydroxyl groups excluding tert-OH is 1. The van der Waals surface area contributed by atoms with Gasteiger partial charge in [0.2, 0.25) is 5.91 Å². The van der Waals surface area contributed by atoms with E-state index in [1.54, 1.807) is 19.2 Å². The largest absolute Gasteiger partial charge is 0.387 e. The quantitative estimate of drug-likeness (QED) is 0.886. The van der Waals surface area contributed by atoms with Crippen LogP contribution in [0.15, 0.2) is 18.3 Å². The first kappa shape index (κ1) is 13.8. The second-order valence-corrected chi connectivity index (χ2v) is 5.06. The van der Waals surface area contributed by atoms with Crippen molar-refractivity contribution in [2.24, 2.45) is 0 Å². The van der Waals surface area contributed by atoms with Crippen LogP contribution in [0.3, 0.4) is 0 Å². The van der Waals surface area contributed by atoms with Gasteiger partial charge in [0.15, 0.2) is 0 Å². The maximum atomic E-state index is 12.0. The number of hydrogen-bond donors (Lipinski definition) is 1. The zero-order valence-corrected chi connectivity index (χ0v) is 11.5. The van der Waals surface area contributed by atoms with Gasteiger partial charge >= 0.3 is 0 Å². The molecule has 104 valence electrons. The van der Waals surface area contributed by atoms with Gasteiger partial charge in [-0.05, 0) is 31.9 Å². The maximum absolute atomic E-state index is 12.0. The molecule has 1 atom stereocenters. The highest BCUT2D eigenvalue weighted by Crippen LogP contribution is 2.16. The fourth-order valence-corrected chi connectivity index (χ4v) is 2.23. The molecule has 5 heteroatoms. The van der Waals surface area contributed by atoms with E-state index < -0.39 is 6.10 Å². The Kier molecular flexibility index (Phi) is 4.37. The number of likely N-dealkylation sites (tertiary alicyclic amines) is 1. The molecule has 1 aliphatic heterocycles. The fraction of sp³-hybridized carbons (Fsp3) is 0.571.